The van der Waals surface area contributed by atoms with E-state index < -0.39 is 0 Å². The summed E-state index contributed by atoms with van der Waals surface area (Å²) in [5, 5.41) is 0. The fourth-order valence-corrected chi connectivity index (χ4v) is 0. The minimum atomic E-state index is 0.167. The van der Waals surface area contributed by atoms with Gasteiger partial charge in [-0.2, -0.15) is 0 Å². The number of hydrogen-bond acceptors (Lipinski definition) is 1. The Morgan fingerprint density at radius 3 is 2.00 bits per heavy atom. The molecule has 0 aliphatic heterocycles. The second kappa shape index (κ2) is 1.10. The summed E-state index contributed by atoms with van der Waals surface area (Å²) >= 11 is 0. The lowest BCUT2D eigenvalue weighted by molar-refractivity contribution is -0.109. The van der Waals surface area contributed by atoms with Gasteiger partial charge in [-0.1, -0.05) is 0 Å². The molecular weight excluding hydrogens is 50.8 g/mol. The standard InChI is InChI=1S/C2H5BO/c1-2(3)4/h3H2,1H3. The van der Waals surface area contributed by atoms with E-state index in [4.69, 9.17) is 0 Å². The molecule has 0 unspecified atom stereocenters. The fraction of sp³-hybridized carbons (Fsp3) is 0.500. The van der Waals surface area contributed by atoms with Crippen molar-refractivity contribution in [3.8, 4) is 0 Å². The smallest absolute Gasteiger partial charge is 0.186 e. The Hall–Kier alpha value is -0.265. The zero-order valence-corrected chi connectivity index (χ0v) is 2.91. The average molecular weight is 55.9 g/mol. The first kappa shape index (κ1) is 3.73. The second-order valence-corrected chi connectivity index (χ2v) is 0.908. The van der Waals surface area contributed by atoms with Gasteiger partial charge in [-0.15, -0.1) is 0 Å². The molecule has 0 heterocycles. The first-order chi connectivity index (χ1) is 1.73. The summed E-state index contributed by atoms with van der Waals surface area (Å²) in [5.41, 5.74) is 0.167. The number of carbonyl (C=O) groups excluding carboxylic acids is 1. The van der Waals surface area contributed by atoms with Crippen LogP contribution in [0.2, 0.25) is 0 Å². The highest BCUT2D eigenvalue weighted by atomic mass is 16.1. The molecule has 0 aromatic rings. The van der Waals surface area contributed by atoms with Crippen LogP contribution < -0.4 is 0 Å². The molecule has 0 saturated heterocycles. The minimum Gasteiger partial charge on any atom is -0.312 e. The molecule has 0 aliphatic rings. The maximum atomic E-state index is 9.44. The molecule has 4 heavy (non-hydrogen) atoms. The lowest BCUT2D eigenvalue weighted by atomic mass is 10.1. The van der Waals surface area contributed by atoms with Crippen molar-refractivity contribution in [2.75, 3.05) is 0 Å². The Labute approximate surface area is 26.4 Å². The summed E-state index contributed by atoms with van der Waals surface area (Å²) in [6.07, 6.45) is 0. The molecule has 0 N–H and O–H groups in total. The normalized spacial score (nSPS) is 6.25. The summed E-state index contributed by atoms with van der Waals surface area (Å²) in [5.74, 6) is 0. The Balaban J connectivity index is 2.80. The van der Waals surface area contributed by atoms with Crippen LogP contribution in [0.3, 0.4) is 0 Å². The summed E-state index contributed by atoms with van der Waals surface area (Å²) < 4.78 is 0. The topological polar surface area (TPSA) is 17.1 Å². The van der Waals surface area contributed by atoms with Gasteiger partial charge in [0.05, 0.1) is 5.68 Å². The number of rotatable bonds is 0. The summed E-state index contributed by atoms with van der Waals surface area (Å²) in [6.45, 7) is 1.53. The predicted octanol–water partition coefficient (Wildman–Crippen LogP) is -0.834. The Kier molecular flexibility index (Phi) is 1.03. The van der Waals surface area contributed by atoms with Gasteiger partial charge >= 0.3 is 0 Å². The molecule has 0 aromatic carbocycles. The zero-order chi connectivity index (χ0) is 3.58. The van der Waals surface area contributed by atoms with Crippen LogP contribution >= 0.6 is 0 Å². The SMILES string of the molecule is BC(C)=O. The predicted molar refractivity (Wildman–Crippen MR) is 19.2 cm³/mol. The molecule has 0 rings (SSSR count). The van der Waals surface area contributed by atoms with E-state index in [1.54, 1.807) is 0 Å². The fourth-order valence-electron chi connectivity index (χ4n) is 0. The highest BCUT2D eigenvalue weighted by molar-refractivity contribution is 6.56. The van der Waals surface area contributed by atoms with Crippen LogP contribution in [-0.4, -0.2) is 13.5 Å². The third-order valence-electron chi connectivity index (χ3n) is 0. The van der Waals surface area contributed by atoms with Gasteiger partial charge in [0.15, 0.2) is 7.85 Å². The van der Waals surface area contributed by atoms with E-state index in [-0.39, 0.29) is 5.68 Å². The highest BCUT2D eigenvalue weighted by Gasteiger charge is 1.63. The van der Waals surface area contributed by atoms with Crippen molar-refractivity contribution in [1.29, 1.82) is 0 Å². The van der Waals surface area contributed by atoms with Crippen LogP contribution in [0.15, 0.2) is 0 Å². The van der Waals surface area contributed by atoms with E-state index in [0.717, 1.165) is 0 Å². The van der Waals surface area contributed by atoms with E-state index >= 15 is 0 Å². The van der Waals surface area contributed by atoms with Crippen molar-refractivity contribution in [3.05, 3.63) is 0 Å². The molecule has 0 bridgehead atoms. The van der Waals surface area contributed by atoms with Crippen LogP contribution in [0.1, 0.15) is 6.92 Å². The zero-order valence-electron chi connectivity index (χ0n) is 2.91. The quantitative estimate of drug-likeness (QED) is 0.331. The maximum absolute atomic E-state index is 9.44. The largest absolute Gasteiger partial charge is 0.312 e. The second-order valence-electron chi connectivity index (χ2n) is 0.908. The van der Waals surface area contributed by atoms with E-state index in [0.29, 0.717) is 0 Å². The Morgan fingerprint density at radius 1 is 2.00 bits per heavy atom. The van der Waals surface area contributed by atoms with E-state index in [2.05, 4.69) is 0 Å². The van der Waals surface area contributed by atoms with Gasteiger partial charge in [-0.05, 0) is 6.92 Å². The van der Waals surface area contributed by atoms with Crippen LogP contribution in [0.5, 0.6) is 0 Å². The monoisotopic (exact) mass is 56.0 g/mol. The summed E-state index contributed by atoms with van der Waals surface area (Å²) in [6, 6.07) is 0. The molecule has 0 fully saturated rings. The Bertz CT molecular complexity index is 29.0. The van der Waals surface area contributed by atoms with Gasteiger partial charge in [-0.25, -0.2) is 0 Å². The third-order valence-corrected chi connectivity index (χ3v) is 0. The van der Waals surface area contributed by atoms with Gasteiger partial charge in [0, 0.05) is 0 Å². The maximum Gasteiger partial charge on any atom is 0.186 e. The first-order valence-corrected chi connectivity index (χ1v) is 1.20. The number of hydrogen-bond donors (Lipinski definition) is 0. The Morgan fingerprint density at radius 2 is 2.00 bits per heavy atom. The van der Waals surface area contributed by atoms with Crippen LogP contribution in [-0.2, 0) is 4.79 Å². The lowest BCUT2D eigenvalue weighted by Gasteiger charge is -1.55. The molecule has 0 atom stereocenters. The minimum absolute atomic E-state index is 0.167. The van der Waals surface area contributed by atoms with Crippen LogP contribution in [0.25, 0.3) is 0 Å². The molecule has 0 radical (unpaired) electrons. The van der Waals surface area contributed by atoms with Gasteiger partial charge < -0.3 is 4.79 Å². The van der Waals surface area contributed by atoms with E-state index in [1.165, 1.54) is 14.8 Å². The summed E-state index contributed by atoms with van der Waals surface area (Å²) in [7, 11) is 1.53. The van der Waals surface area contributed by atoms with Crippen molar-refractivity contribution in [2.24, 2.45) is 0 Å². The molecule has 1 nitrogen and oxygen atoms in total. The molecule has 0 amide bonds. The van der Waals surface area contributed by atoms with Crippen LogP contribution in [0, 0.1) is 0 Å². The van der Waals surface area contributed by atoms with Gasteiger partial charge in [0.1, 0.15) is 0 Å². The van der Waals surface area contributed by atoms with Gasteiger partial charge in [-0.3, -0.25) is 0 Å². The van der Waals surface area contributed by atoms with Crippen molar-refractivity contribution in [1.82, 2.24) is 0 Å². The first-order valence-electron chi connectivity index (χ1n) is 1.20. The molecule has 0 aliphatic carbocycles. The van der Waals surface area contributed by atoms with Crippen molar-refractivity contribution >= 4 is 13.5 Å². The lowest BCUT2D eigenvalue weighted by Crippen LogP contribution is -1.80. The molecular formula is C2H5BO. The molecule has 2 heteroatoms. The van der Waals surface area contributed by atoms with E-state index in [1.807, 2.05) is 0 Å². The molecule has 22 valence electrons. The molecule has 0 aromatic heterocycles. The number of carbonyl (C=O) groups is 1. The van der Waals surface area contributed by atoms with E-state index in [9.17, 15) is 4.79 Å². The van der Waals surface area contributed by atoms with Crippen LogP contribution in [0.4, 0.5) is 0 Å². The molecule has 0 saturated carbocycles. The summed E-state index contributed by atoms with van der Waals surface area (Å²) in [4.78, 5) is 9.44. The third kappa shape index (κ3) is 13.3. The molecule has 0 spiro atoms. The van der Waals surface area contributed by atoms with Gasteiger partial charge in [0.2, 0.25) is 0 Å². The highest BCUT2D eigenvalue weighted by Crippen LogP contribution is 1.40. The van der Waals surface area contributed by atoms with Crippen molar-refractivity contribution < 1.29 is 4.79 Å². The van der Waals surface area contributed by atoms with Crippen molar-refractivity contribution in [3.63, 3.8) is 0 Å². The average Bonchev–Trinajstić information content (AvgIpc) is 0.811. The van der Waals surface area contributed by atoms with Gasteiger partial charge in [0.25, 0.3) is 0 Å². The van der Waals surface area contributed by atoms with Crippen molar-refractivity contribution in [2.45, 2.75) is 6.92 Å².